The van der Waals surface area contributed by atoms with Gasteiger partial charge in [-0.3, -0.25) is 5.10 Å². The van der Waals surface area contributed by atoms with E-state index in [2.05, 4.69) is 15.4 Å². The van der Waals surface area contributed by atoms with Gasteiger partial charge in [0, 0.05) is 16.6 Å². The van der Waals surface area contributed by atoms with Crippen LogP contribution < -0.4 is 5.73 Å². The molecule has 5 nitrogen and oxygen atoms in total. The largest absolute Gasteiger partial charge is 0.367 e. The molecule has 0 amide bonds. The standard InChI is InChI=1S/C10H8N4OS/c11-10-8(7-2-1-3-16-7)9(14-15-10)6-4-12-13-5-6/h1-5H,11H2,(H,12,13). The van der Waals surface area contributed by atoms with Gasteiger partial charge in [-0.15, -0.1) is 11.3 Å². The van der Waals surface area contributed by atoms with Crippen LogP contribution in [0.5, 0.6) is 0 Å². The first kappa shape index (κ1) is 9.17. The van der Waals surface area contributed by atoms with Gasteiger partial charge in [0.1, 0.15) is 5.69 Å². The average Bonchev–Trinajstić information content (AvgIpc) is 2.96. The molecule has 0 atom stereocenters. The van der Waals surface area contributed by atoms with Gasteiger partial charge in [0.25, 0.3) is 0 Å². The molecule has 0 radical (unpaired) electrons. The highest BCUT2D eigenvalue weighted by Gasteiger charge is 2.18. The van der Waals surface area contributed by atoms with E-state index in [9.17, 15) is 0 Å². The zero-order chi connectivity index (χ0) is 11.0. The Morgan fingerprint density at radius 3 is 3.06 bits per heavy atom. The van der Waals surface area contributed by atoms with Gasteiger partial charge in [0.15, 0.2) is 0 Å². The molecule has 0 aliphatic rings. The summed E-state index contributed by atoms with van der Waals surface area (Å²) in [6, 6.07) is 3.95. The third-order valence-electron chi connectivity index (χ3n) is 2.26. The molecule has 3 aromatic heterocycles. The number of nitrogens with zero attached hydrogens (tertiary/aromatic N) is 2. The molecule has 0 spiro atoms. The molecule has 0 saturated carbocycles. The van der Waals surface area contributed by atoms with Crippen molar-refractivity contribution in [2.75, 3.05) is 5.73 Å². The summed E-state index contributed by atoms with van der Waals surface area (Å²) in [6.45, 7) is 0. The van der Waals surface area contributed by atoms with Crippen molar-refractivity contribution in [3.05, 3.63) is 29.9 Å². The summed E-state index contributed by atoms with van der Waals surface area (Å²) in [5.74, 6) is 0.332. The van der Waals surface area contributed by atoms with Crippen molar-refractivity contribution in [1.82, 2.24) is 15.4 Å². The van der Waals surface area contributed by atoms with E-state index in [4.69, 9.17) is 10.3 Å². The second kappa shape index (κ2) is 3.49. The smallest absolute Gasteiger partial charge is 0.231 e. The molecule has 3 aromatic rings. The van der Waals surface area contributed by atoms with Crippen molar-refractivity contribution < 1.29 is 4.52 Å². The maximum Gasteiger partial charge on any atom is 0.231 e. The van der Waals surface area contributed by atoms with E-state index in [0.29, 0.717) is 11.6 Å². The van der Waals surface area contributed by atoms with Crippen LogP contribution in [0.25, 0.3) is 21.7 Å². The fourth-order valence-electron chi connectivity index (χ4n) is 1.54. The van der Waals surface area contributed by atoms with Crippen molar-refractivity contribution in [3.8, 4) is 21.7 Å². The molecule has 0 aliphatic carbocycles. The molecular weight excluding hydrogens is 224 g/mol. The van der Waals surface area contributed by atoms with Crippen molar-refractivity contribution >= 4 is 17.2 Å². The monoisotopic (exact) mass is 232 g/mol. The topological polar surface area (TPSA) is 80.7 Å². The molecule has 6 heteroatoms. The fourth-order valence-corrected chi connectivity index (χ4v) is 2.32. The van der Waals surface area contributed by atoms with Gasteiger partial charge < -0.3 is 10.3 Å². The van der Waals surface area contributed by atoms with Crippen LogP contribution in [0.3, 0.4) is 0 Å². The number of thiophene rings is 1. The third-order valence-corrected chi connectivity index (χ3v) is 3.15. The van der Waals surface area contributed by atoms with Crippen LogP contribution in [0.1, 0.15) is 0 Å². The van der Waals surface area contributed by atoms with E-state index in [1.807, 2.05) is 17.5 Å². The number of anilines is 1. The molecule has 3 heterocycles. The average molecular weight is 232 g/mol. The number of rotatable bonds is 2. The first-order valence-corrected chi connectivity index (χ1v) is 5.52. The van der Waals surface area contributed by atoms with Gasteiger partial charge in [-0.2, -0.15) is 5.10 Å². The van der Waals surface area contributed by atoms with Crippen molar-refractivity contribution in [2.45, 2.75) is 0 Å². The van der Waals surface area contributed by atoms with Gasteiger partial charge in [-0.25, -0.2) is 0 Å². The van der Waals surface area contributed by atoms with Crippen LogP contribution in [0.4, 0.5) is 5.88 Å². The zero-order valence-electron chi connectivity index (χ0n) is 8.18. The Morgan fingerprint density at radius 2 is 2.38 bits per heavy atom. The Hall–Kier alpha value is -2.08. The normalized spacial score (nSPS) is 10.8. The van der Waals surface area contributed by atoms with E-state index in [1.165, 1.54) is 0 Å². The second-order valence-electron chi connectivity index (χ2n) is 3.23. The summed E-state index contributed by atoms with van der Waals surface area (Å²) in [6.07, 6.45) is 3.45. The number of nitrogen functional groups attached to an aromatic ring is 1. The lowest BCUT2D eigenvalue weighted by atomic mass is 10.1. The van der Waals surface area contributed by atoms with Crippen LogP contribution in [0, 0.1) is 0 Å². The molecule has 0 aromatic carbocycles. The zero-order valence-corrected chi connectivity index (χ0v) is 8.99. The number of nitrogens with one attached hydrogen (secondary N) is 1. The lowest BCUT2D eigenvalue weighted by molar-refractivity contribution is 0.439. The quantitative estimate of drug-likeness (QED) is 0.710. The van der Waals surface area contributed by atoms with Gasteiger partial charge >= 0.3 is 0 Å². The number of aromatic amines is 1. The molecule has 3 N–H and O–H groups in total. The van der Waals surface area contributed by atoms with E-state index < -0.39 is 0 Å². The fraction of sp³-hybridized carbons (Fsp3) is 0. The molecule has 16 heavy (non-hydrogen) atoms. The molecule has 3 rings (SSSR count). The number of hydrogen-bond donors (Lipinski definition) is 2. The van der Waals surface area contributed by atoms with Crippen LogP contribution >= 0.6 is 11.3 Å². The number of aromatic nitrogens is 3. The maximum atomic E-state index is 5.79. The first-order chi connectivity index (χ1) is 7.86. The minimum atomic E-state index is 0.332. The SMILES string of the molecule is Nc1onc(-c2cn[nH]c2)c1-c1cccs1. The molecule has 0 unspecified atom stereocenters. The van der Waals surface area contributed by atoms with Gasteiger partial charge in [0.05, 0.1) is 11.8 Å². The Balaban J connectivity index is 2.21. The van der Waals surface area contributed by atoms with E-state index >= 15 is 0 Å². The van der Waals surface area contributed by atoms with Crippen molar-refractivity contribution in [3.63, 3.8) is 0 Å². The second-order valence-corrected chi connectivity index (χ2v) is 4.18. The number of H-pyrrole nitrogens is 1. The lowest BCUT2D eigenvalue weighted by Gasteiger charge is -1.95. The Morgan fingerprint density at radius 1 is 1.44 bits per heavy atom. The van der Waals surface area contributed by atoms with Gasteiger partial charge in [-0.1, -0.05) is 11.2 Å². The molecular formula is C10H8N4OS. The van der Waals surface area contributed by atoms with Gasteiger partial charge in [0.2, 0.25) is 5.88 Å². The molecule has 0 bridgehead atoms. The third kappa shape index (κ3) is 1.31. The highest BCUT2D eigenvalue weighted by Crippen LogP contribution is 2.37. The Kier molecular flexibility index (Phi) is 2.00. The lowest BCUT2D eigenvalue weighted by Crippen LogP contribution is -1.84. The minimum absolute atomic E-state index is 0.332. The van der Waals surface area contributed by atoms with Crippen LogP contribution in [-0.4, -0.2) is 15.4 Å². The number of hydrogen-bond acceptors (Lipinski definition) is 5. The van der Waals surface area contributed by atoms with E-state index in [0.717, 1.165) is 16.0 Å². The van der Waals surface area contributed by atoms with Crippen LogP contribution in [-0.2, 0) is 0 Å². The summed E-state index contributed by atoms with van der Waals surface area (Å²) >= 11 is 1.60. The molecule has 0 aliphatic heterocycles. The maximum absolute atomic E-state index is 5.79. The predicted octanol–water partition coefficient (Wildman–Crippen LogP) is 2.38. The summed E-state index contributed by atoms with van der Waals surface area (Å²) in [5.41, 5.74) is 8.20. The Bertz CT molecular complexity index is 582. The molecule has 0 fully saturated rings. The number of nitrogens with two attached hydrogens (primary N) is 1. The highest BCUT2D eigenvalue weighted by molar-refractivity contribution is 7.13. The first-order valence-electron chi connectivity index (χ1n) is 4.64. The summed E-state index contributed by atoms with van der Waals surface area (Å²) in [5, 5.41) is 12.6. The van der Waals surface area contributed by atoms with E-state index in [-0.39, 0.29) is 0 Å². The Labute approximate surface area is 94.9 Å². The van der Waals surface area contributed by atoms with Crippen LogP contribution in [0.15, 0.2) is 34.4 Å². The molecule has 0 saturated heterocycles. The summed E-state index contributed by atoms with van der Waals surface area (Å²) in [7, 11) is 0. The van der Waals surface area contributed by atoms with E-state index in [1.54, 1.807) is 23.7 Å². The van der Waals surface area contributed by atoms with Gasteiger partial charge in [-0.05, 0) is 11.4 Å². The summed E-state index contributed by atoms with van der Waals surface area (Å²) < 4.78 is 5.04. The molecule has 80 valence electrons. The van der Waals surface area contributed by atoms with Crippen molar-refractivity contribution in [1.29, 1.82) is 0 Å². The minimum Gasteiger partial charge on any atom is -0.367 e. The summed E-state index contributed by atoms with van der Waals surface area (Å²) in [4.78, 5) is 1.04. The van der Waals surface area contributed by atoms with Crippen molar-refractivity contribution in [2.24, 2.45) is 0 Å². The highest BCUT2D eigenvalue weighted by atomic mass is 32.1. The predicted molar refractivity (Wildman–Crippen MR) is 61.8 cm³/mol. The van der Waals surface area contributed by atoms with Crippen LogP contribution in [0.2, 0.25) is 0 Å².